The van der Waals surface area contributed by atoms with Crippen LogP contribution in [-0.2, 0) is 6.42 Å². The molecule has 2 heteroatoms. The second-order valence-corrected chi connectivity index (χ2v) is 5.25. The summed E-state index contributed by atoms with van der Waals surface area (Å²) in [5.74, 6) is 0.901. The molecule has 20 heavy (non-hydrogen) atoms. The van der Waals surface area contributed by atoms with Crippen LogP contribution in [0, 0.1) is 0 Å². The number of rotatable bonds is 6. The number of hydrogen-bond donors (Lipinski definition) is 1. The molecule has 0 saturated carbocycles. The van der Waals surface area contributed by atoms with Gasteiger partial charge in [0.1, 0.15) is 5.75 Å². The van der Waals surface area contributed by atoms with Gasteiger partial charge in [-0.05, 0) is 43.5 Å². The lowest BCUT2D eigenvalue weighted by Gasteiger charge is -2.20. The van der Waals surface area contributed by atoms with E-state index in [0.717, 1.165) is 12.2 Å². The smallest absolute Gasteiger partial charge is 0.118 e. The zero-order chi connectivity index (χ0) is 14.4. The van der Waals surface area contributed by atoms with Crippen molar-refractivity contribution in [2.24, 2.45) is 0 Å². The Kier molecular flexibility index (Phi) is 5.19. The Balaban J connectivity index is 1.91. The molecule has 0 aliphatic carbocycles. The summed E-state index contributed by atoms with van der Waals surface area (Å²) < 4.78 is 5.19. The van der Waals surface area contributed by atoms with Gasteiger partial charge in [0.25, 0.3) is 0 Å². The topological polar surface area (TPSA) is 21.3 Å². The number of nitrogens with one attached hydrogen (secondary N) is 1. The van der Waals surface area contributed by atoms with E-state index in [2.05, 4.69) is 61.6 Å². The number of methoxy groups -OCH3 is 1. The third kappa shape index (κ3) is 4.10. The summed E-state index contributed by atoms with van der Waals surface area (Å²) in [6, 6.07) is 19.6. The van der Waals surface area contributed by atoms with Crippen molar-refractivity contribution in [1.29, 1.82) is 0 Å². The third-order valence-corrected chi connectivity index (χ3v) is 3.54. The van der Waals surface area contributed by atoms with Crippen molar-refractivity contribution in [3.05, 3.63) is 65.7 Å². The maximum absolute atomic E-state index is 5.19. The lowest BCUT2D eigenvalue weighted by Crippen LogP contribution is -2.30. The molecule has 0 saturated heterocycles. The molecule has 0 aliphatic rings. The lowest BCUT2D eigenvalue weighted by atomic mass is 10.0. The van der Waals surface area contributed by atoms with Crippen LogP contribution in [0.2, 0.25) is 0 Å². The first-order chi connectivity index (χ1) is 9.69. The summed E-state index contributed by atoms with van der Waals surface area (Å²) in [5, 5.41) is 3.64. The standard InChI is InChI=1S/C18H23NO/c1-14(13-16-7-5-4-6-8-16)19-15(2)17-9-11-18(20-3)12-10-17/h4-12,14-15,19H,13H2,1-3H3. The molecule has 2 aromatic carbocycles. The van der Waals surface area contributed by atoms with Crippen LogP contribution in [-0.4, -0.2) is 13.2 Å². The summed E-state index contributed by atoms with van der Waals surface area (Å²) in [6.07, 6.45) is 1.04. The molecule has 2 aromatic rings. The molecule has 0 spiro atoms. The van der Waals surface area contributed by atoms with Gasteiger partial charge in [-0.1, -0.05) is 42.5 Å². The number of hydrogen-bond acceptors (Lipinski definition) is 2. The van der Waals surface area contributed by atoms with Gasteiger partial charge in [-0.2, -0.15) is 0 Å². The van der Waals surface area contributed by atoms with Gasteiger partial charge in [-0.15, -0.1) is 0 Å². The van der Waals surface area contributed by atoms with E-state index >= 15 is 0 Å². The van der Waals surface area contributed by atoms with Crippen LogP contribution in [0.4, 0.5) is 0 Å². The highest BCUT2D eigenvalue weighted by atomic mass is 16.5. The predicted molar refractivity (Wildman–Crippen MR) is 84.2 cm³/mol. The molecular formula is C18H23NO. The first-order valence-corrected chi connectivity index (χ1v) is 7.13. The van der Waals surface area contributed by atoms with E-state index < -0.39 is 0 Å². The molecule has 2 unspecified atom stereocenters. The molecule has 0 aliphatic heterocycles. The largest absolute Gasteiger partial charge is 0.497 e. The summed E-state index contributed by atoms with van der Waals surface area (Å²) in [4.78, 5) is 0. The van der Waals surface area contributed by atoms with Gasteiger partial charge in [0.2, 0.25) is 0 Å². The number of ether oxygens (including phenoxy) is 1. The fraction of sp³-hybridized carbons (Fsp3) is 0.333. The zero-order valence-corrected chi connectivity index (χ0v) is 12.5. The molecule has 2 rings (SSSR count). The van der Waals surface area contributed by atoms with Gasteiger partial charge in [0.05, 0.1) is 7.11 Å². The third-order valence-electron chi connectivity index (χ3n) is 3.54. The van der Waals surface area contributed by atoms with Gasteiger partial charge >= 0.3 is 0 Å². The highest BCUT2D eigenvalue weighted by Gasteiger charge is 2.10. The van der Waals surface area contributed by atoms with Crippen molar-refractivity contribution >= 4 is 0 Å². The molecule has 0 radical (unpaired) electrons. The van der Waals surface area contributed by atoms with E-state index in [4.69, 9.17) is 4.74 Å². The quantitative estimate of drug-likeness (QED) is 0.856. The highest BCUT2D eigenvalue weighted by Crippen LogP contribution is 2.18. The fourth-order valence-corrected chi connectivity index (χ4v) is 2.44. The highest BCUT2D eigenvalue weighted by molar-refractivity contribution is 5.29. The Bertz CT molecular complexity index is 507. The molecular weight excluding hydrogens is 246 g/mol. The molecule has 2 nitrogen and oxygen atoms in total. The normalized spacial score (nSPS) is 13.8. The van der Waals surface area contributed by atoms with Gasteiger partial charge in [-0.25, -0.2) is 0 Å². The van der Waals surface area contributed by atoms with Crippen LogP contribution < -0.4 is 10.1 Å². The summed E-state index contributed by atoms with van der Waals surface area (Å²) in [7, 11) is 1.69. The average Bonchev–Trinajstić information content (AvgIpc) is 2.48. The summed E-state index contributed by atoms with van der Waals surface area (Å²) in [5.41, 5.74) is 2.65. The van der Waals surface area contributed by atoms with Gasteiger partial charge < -0.3 is 10.1 Å². The number of benzene rings is 2. The van der Waals surface area contributed by atoms with E-state index in [1.165, 1.54) is 11.1 Å². The minimum Gasteiger partial charge on any atom is -0.497 e. The first kappa shape index (κ1) is 14.6. The first-order valence-electron chi connectivity index (χ1n) is 7.13. The van der Waals surface area contributed by atoms with Crippen molar-refractivity contribution < 1.29 is 4.74 Å². The Labute approximate surface area is 121 Å². The summed E-state index contributed by atoms with van der Waals surface area (Å²) >= 11 is 0. The molecule has 0 aromatic heterocycles. The van der Waals surface area contributed by atoms with Crippen molar-refractivity contribution in [2.45, 2.75) is 32.4 Å². The maximum atomic E-state index is 5.19. The van der Waals surface area contributed by atoms with Crippen molar-refractivity contribution in [3.63, 3.8) is 0 Å². The van der Waals surface area contributed by atoms with Gasteiger partial charge in [0, 0.05) is 12.1 Å². The fourth-order valence-electron chi connectivity index (χ4n) is 2.44. The van der Waals surface area contributed by atoms with Crippen molar-refractivity contribution in [3.8, 4) is 5.75 Å². The Hall–Kier alpha value is -1.80. The van der Waals surface area contributed by atoms with Crippen LogP contribution in [0.15, 0.2) is 54.6 Å². The molecule has 0 heterocycles. The van der Waals surface area contributed by atoms with Crippen LogP contribution in [0.1, 0.15) is 31.0 Å². The van der Waals surface area contributed by atoms with Crippen LogP contribution in [0.5, 0.6) is 5.75 Å². The summed E-state index contributed by atoms with van der Waals surface area (Å²) in [6.45, 7) is 4.43. The van der Waals surface area contributed by atoms with Gasteiger partial charge in [-0.3, -0.25) is 0 Å². The minimum atomic E-state index is 0.333. The van der Waals surface area contributed by atoms with E-state index in [1.807, 2.05) is 12.1 Å². The Morgan fingerprint density at radius 1 is 0.950 bits per heavy atom. The minimum absolute atomic E-state index is 0.333. The SMILES string of the molecule is COc1ccc(C(C)NC(C)Cc2ccccc2)cc1. The molecule has 2 atom stereocenters. The van der Waals surface area contributed by atoms with E-state index in [-0.39, 0.29) is 0 Å². The molecule has 0 fully saturated rings. The van der Waals surface area contributed by atoms with Crippen molar-refractivity contribution in [2.75, 3.05) is 7.11 Å². The van der Waals surface area contributed by atoms with Gasteiger partial charge in [0.15, 0.2) is 0 Å². The van der Waals surface area contributed by atoms with Crippen molar-refractivity contribution in [1.82, 2.24) is 5.32 Å². The zero-order valence-electron chi connectivity index (χ0n) is 12.5. The average molecular weight is 269 g/mol. The second-order valence-electron chi connectivity index (χ2n) is 5.25. The Morgan fingerprint density at radius 2 is 1.60 bits per heavy atom. The molecule has 1 N–H and O–H groups in total. The van der Waals surface area contributed by atoms with E-state index in [0.29, 0.717) is 12.1 Å². The predicted octanol–water partition coefficient (Wildman–Crippen LogP) is 3.98. The van der Waals surface area contributed by atoms with E-state index in [1.54, 1.807) is 7.11 Å². The Morgan fingerprint density at radius 3 is 2.20 bits per heavy atom. The van der Waals surface area contributed by atoms with Crippen LogP contribution in [0.25, 0.3) is 0 Å². The lowest BCUT2D eigenvalue weighted by molar-refractivity contribution is 0.414. The monoisotopic (exact) mass is 269 g/mol. The second kappa shape index (κ2) is 7.11. The molecule has 106 valence electrons. The molecule has 0 amide bonds. The van der Waals surface area contributed by atoms with E-state index in [9.17, 15) is 0 Å². The molecule has 0 bridgehead atoms. The van der Waals surface area contributed by atoms with Crippen LogP contribution >= 0.6 is 0 Å². The maximum Gasteiger partial charge on any atom is 0.118 e. The van der Waals surface area contributed by atoms with Crippen LogP contribution in [0.3, 0.4) is 0 Å².